The van der Waals surface area contributed by atoms with Crippen LogP contribution in [0.3, 0.4) is 0 Å². The van der Waals surface area contributed by atoms with Gasteiger partial charge in [-0.25, -0.2) is 0 Å². The van der Waals surface area contributed by atoms with Crippen LogP contribution in [0.5, 0.6) is 0 Å². The molecule has 1 rings (SSSR count). The van der Waals surface area contributed by atoms with E-state index in [9.17, 15) is 0 Å². The van der Waals surface area contributed by atoms with Crippen molar-refractivity contribution in [3.05, 3.63) is 35.4 Å². The third-order valence-corrected chi connectivity index (χ3v) is 2.38. The second-order valence-electron chi connectivity index (χ2n) is 3.49. The number of nitrogens with one attached hydrogen (secondary N) is 1. The Balaban J connectivity index is 2.32. The molecule has 0 aliphatic rings. The minimum absolute atomic E-state index is 1.13. The van der Waals surface area contributed by atoms with Crippen LogP contribution in [-0.2, 0) is 6.42 Å². The molecule has 0 radical (unpaired) electrons. The van der Waals surface area contributed by atoms with Gasteiger partial charge in [0.2, 0.25) is 0 Å². The molecule has 1 nitrogen and oxygen atoms in total. The van der Waals surface area contributed by atoms with Crippen LogP contribution >= 0.6 is 0 Å². The van der Waals surface area contributed by atoms with Crippen LogP contribution in [0.15, 0.2) is 24.3 Å². The van der Waals surface area contributed by atoms with Crippen molar-refractivity contribution in [3.63, 3.8) is 0 Å². The van der Waals surface area contributed by atoms with Crippen LogP contribution in [0.2, 0.25) is 0 Å². The van der Waals surface area contributed by atoms with Crippen molar-refractivity contribution < 1.29 is 0 Å². The fourth-order valence-corrected chi connectivity index (χ4v) is 1.51. The molecule has 0 saturated carbocycles. The minimum Gasteiger partial charge on any atom is -0.320 e. The molecule has 72 valence electrons. The lowest BCUT2D eigenvalue weighted by Gasteiger charge is -2.04. The minimum atomic E-state index is 1.13. The zero-order valence-electron chi connectivity index (χ0n) is 8.64. The van der Waals surface area contributed by atoms with Crippen LogP contribution < -0.4 is 5.32 Å². The van der Waals surface area contributed by atoms with Crippen LogP contribution in [0, 0.1) is 6.92 Å². The summed E-state index contributed by atoms with van der Waals surface area (Å²) in [6, 6.07) is 8.65. The van der Waals surface area contributed by atoms with E-state index in [-0.39, 0.29) is 0 Å². The first-order chi connectivity index (χ1) is 6.34. The first kappa shape index (κ1) is 10.3. The van der Waals surface area contributed by atoms with Crippen LogP contribution in [0.25, 0.3) is 0 Å². The molecule has 1 N–H and O–H groups in total. The monoisotopic (exact) mass is 177 g/mol. The van der Waals surface area contributed by atoms with Gasteiger partial charge < -0.3 is 5.32 Å². The van der Waals surface area contributed by atoms with E-state index >= 15 is 0 Å². The number of hydrogen-bond donors (Lipinski definition) is 1. The number of rotatable bonds is 5. The van der Waals surface area contributed by atoms with Gasteiger partial charge in [0.25, 0.3) is 0 Å². The Morgan fingerprint density at radius 3 is 2.62 bits per heavy atom. The Bertz CT molecular complexity index is 243. The summed E-state index contributed by atoms with van der Waals surface area (Å²) < 4.78 is 0. The maximum atomic E-state index is 3.17. The lowest BCUT2D eigenvalue weighted by atomic mass is 10.0. The second kappa shape index (κ2) is 5.76. The van der Waals surface area contributed by atoms with E-state index in [1.54, 1.807) is 0 Å². The third kappa shape index (κ3) is 3.60. The van der Waals surface area contributed by atoms with Gasteiger partial charge in [0.1, 0.15) is 0 Å². The van der Waals surface area contributed by atoms with Crippen molar-refractivity contribution in [1.82, 2.24) is 5.32 Å². The van der Waals surface area contributed by atoms with Crippen LogP contribution in [0.4, 0.5) is 0 Å². The molecule has 0 spiro atoms. The van der Waals surface area contributed by atoms with Crippen molar-refractivity contribution in [3.8, 4) is 0 Å². The topological polar surface area (TPSA) is 12.0 Å². The Hall–Kier alpha value is -0.820. The SMILES string of the molecule is CNCCCCc1ccccc1C. The highest BCUT2D eigenvalue weighted by molar-refractivity contribution is 5.25. The molecular weight excluding hydrogens is 158 g/mol. The zero-order chi connectivity index (χ0) is 9.52. The van der Waals surface area contributed by atoms with E-state index in [1.165, 1.54) is 30.4 Å². The average molecular weight is 177 g/mol. The maximum absolute atomic E-state index is 3.17. The molecule has 1 heteroatoms. The van der Waals surface area contributed by atoms with Gasteiger partial charge in [-0.05, 0) is 50.9 Å². The molecule has 0 fully saturated rings. The van der Waals surface area contributed by atoms with Crippen molar-refractivity contribution in [2.45, 2.75) is 26.2 Å². The van der Waals surface area contributed by atoms with Gasteiger partial charge >= 0.3 is 0 Å². The van der Waals surface area contributed by atoms with Gasteiger partial charge in [-0.2, -0.15) is 0 Å². The number of benzene rings is 1. The van der Waals surface area contributed by atoms with Gasteiger partial charge in [0.15, 0.2) is 0 Å². The Kier molecular flexibility index (Phi) is 4.55. The predicted molar refractivity (Wildman–Crippen MR) is 58.0 cm³/mol. The van der Waals surface area contributed by atoms with Crippen molar-refractivity contribution in [2.75, 3.05) is 13.6 Å². The summed E-state index contributed by atoms with van der Waals surface area (Å²) in [5, 5.41) is 3.17. The lowest BCUT2D eigenvalue weighted by Crippen LogP contribution is -2.07. The first-order valence-electron chi connectivity index (χ1n) is 5.03. The summed E-state index contributed by atoms with van der Waals surface area (Å²) in [6.07, 6.45) is 3.77. The van der Waals surface area contributed by atoms with E-state index in [1.807, 2.05) is 7.05 Å². The maximum Gasteiger partial charge on any atom is -0.00518 e. The molecule has 0 aromatic heterocycles. The van der Waals surface area contributed by atoms with Crippen LogP contribution in [-0.4, -0.2) is 13.6 Å². The summed E-state index contributed by atoms with van der Waals surface area (Å²) in [7, 11) is 2.01. The predicted octanol–water partition coefficient (Wildman–Crippen LogP) is 2.54. The van der Waals surface area contributed by atoms with E-state index < -0.39 is 0 Å². The molecule has 0 amide bonds. The van der Waals surface area contributed by atoms with Gasteiger partial charge in [0, 0.05) is 0 Å². The Labute approximate surface area is 81.2 Å². The van der Waals surface area contributed by atoms with Gasteiger partial charge in [-0.1, -0.05) is 24.3 Å². The fraction of sp³-hybridized carbons (Fsp3) is 0.500. The molecule has 0 unspecified atom stereocenters. The third-order valence-electron chi connectivity index (χ3n) is 2.38. The van der Waals surface area contributed by atoms with Gasteiger partial charge in [-0.3, -0.25) is 0 Å². The number of aryl methyl sites for hydroxylation is 2. The smallest absolute Gasteiger partial charge is 0.00518 e. The summed E-state index contributed by atoms with van der Waals surface area (Å²) in [5.41, 5.74) is 2.92. The van der Waals surface area contributed by atoms with E-state index in [2.05, 4.69) is 36.5 Å². The average Bonchev–Trinajstić information content (AvgIpc) is 2.15. The molecule has 0 saturated heterocycles. The molecule has 0 aliphatic carbocycles. The first-order valence-corrected chi connectivity index (χ1v) is 5.03. The molecule has 0 aliphatic heterocycles. The molecule has 1 aromatic carbocycles. The van der Waals surface area contributed by atoms with Gasteiger partial charge in [-0.15, -0.1) is 0 Å². The summed E-state index contributed by atoms with van der Waals surface area (Å²) in [6.45, 7) is 3.32. The van der Waals surface area contributed by atoms with E-state index in [0.29, 0.717) is 0 Å². The number of unbranched alkanes of at least 4 members (excludes halogenated alkanes) is 1. The van der Waals surface area contributed by atoms with E-state index in [4.69, 9.17) is 0 Å². The fourth-order valence-electron chi connectivity index (χ4n) is 1.51. The molecule has 13 heavy (non-hydrogen) atoms. The van der Waals surface area contributed by atoms with Crippen molar-refractivity contribution >= 4 is 0 Å². The quantitative estimate of drug-likeness (QED) is 0.681. The largest absolute Gasteiger partial charge is 0.320 e. The standard InChI is InChI=1S/C12H19N/c1-11-7-3-4-8-12(11)9-5-6-10-13-2/h3-4,7-8,13H,5-6,9-10H2,1-2H3. The number of hydrogen-bond acceptors (Lipinski definition) is 1. The summed E-state index contributed by atoms with van der Waals surface area (Å²) >= 11 is 0. The highest BCUT2D eigenvalue weighted by atomic mass is 14.8. The molecule has 1 aromatic rings. The highest BCUT2D eigenvalue weighted by Crippen LogP contribution is 2.09. The van der Waals surface area contributed by atoms with E-state index in [0.717, 1.165) is 6.54 Å². The normalized spacial score (nSPS) is 10.3. The lowest BCUT2D eigenvalue weighted by molar-refractivity contribution is 0.676. The molecular formula is C12H19N. The second-order valence-corrected chi connectivity index (χ2v) is 3.49. The zero-order valence-corrected chi connectivity index (χ0v) is 8.64. The summed E-state index contributed by atoms with van der Waals surface area (Å²) in [4.78, 5) is 0. The van der Waals surface area contributed by atoms with Crippen molar-refractivity contribution in [1.29, 1.82) is 0 Å². The molecule has 0 heterocycles. The Morgan fingerprint density at radius 2 is 1.92 bits per heavy atom. The van der Waals surface area contributed by atoms with Crippen LogP contribution in [0.1, 0.15) is 24.0 Å². The highest BCUT2D eigenvalue weighted by Gasteiger charge is 1.95. The van der Waals surface area contributed by atoms with Crippen molar-refractivity contribution in [2.24, 2.45) is 0 Å². The summed E-state index contributed by atoms with van der Waals surface area (Å²) in [5.74, 6) is 0. The molecule has 0 atom stereocenters. The molecule has 0 bridgehead atoms. The van der Waals surface area contributed by atoms with Gasteiger partial charge in [0.05, 0.1) is 0 Å². The Morgan fingerprint density at radius 1 is 1.15 bits per heavy atom.